The molecule has 0 saturated carbocycles. The van der Waals surface area contributed by atoms with Crippen molar-refractivity contribution in [1.82, 2.24) is 9.88 Å². The van der Waals surface area contributed by atoms with Crippen LogP contribution >= 0.6 is 0 Å². The number of hydrogen-bond donors (Lipinski definition) is 1. The molecule has 14 heavy (non-hydrogen) atoms. The van der Waals surface area contributed by atoms with Crippen LogP contribution < -0.4 is 0 Å². The van der Waals surface area contributed by atoms with Gasteiger partial charge in [-0.3, -0.25) is 9.88 Å². The summed E-state index contributed by atoms with van der Waals surface area (Å²) in [7, 11) is 0. The Morgan fingerprint density at radius 1 is 1.50 bits per heavy atom. The maximum absolute atomic E-state index is 9.41. The number of rotatable bonds is 2. The summed E-state index contributed by atoms with van der Waals surface area (Å²) in [6, 6.07) is 5.90. The molecule has 0 saturated heterocycles. The number of aromatic nitrogens is 1. The van der Waals surface area contributed by atoms with Crippen LogP contribution in [0.2, 0.25) is 0 Å². The Morgan fingerprint density at radius 2 is 2.43 bits per heavy atom. The standard InChI is InChI=1S/C11H14N2O/c14-11-5-3-7-13(9-11)8-10-4-1-2-6-12-10/h1-6,11,14H,7-9H2. The minimum atomic E-state index is -0.326. The molecule has 1 unspecified atom stereocenters. The second kappa shape index (κ2) is 4.35. The lowest BCUT2D eigenvalue weighted by molar-refractivity contribution is 0.139. The average Bonchev–Trinajstić information content (AvgIpc) is 2.19. The molecule has 2 heterocycles. The minimum absolute atomic E-state index is 0.326. The molecule has 0 aromatic carbocycles. The van der Waals surface area contributed by atoms with E-state index >= 15 is 0 Å². The number of nitrogens with zero attached hydrogens (tertiary/aromatic N) is 2. The van der Waals surface area contributed by atoms with Crippen molar-refractivity contribution in [3.63, 3.8) is 0 Å². The van der Waals surface area contributed by atoms with Gasteiger partial charge in [-0.2, -0.15) is 0 Å². The molecule has 3 nitrogen and oxygen atoms in total. The van der Waals surface area contributed by atoms with E-state index in [2.05, 4.69) is 9.88 Å². The number of aliphatic hydroxyl groups excluding tert-OH is 1. The van der Waals surface area contributed by atoms with Gasteiger partial charge in [0, 0.05) is 25.8 Å². The summed E-state index contributed by atoms with van der Waals surface area (Å²) in [5, 5.41) is 9.41. The summed E-state index contributed by atoms with van der Waals surface area (Å²) in [4.78, 5) is 6.42. The average molecular weight is 190 g/mol. The van der Waals surface area contributed by atoms with Crippen molar-refractivity contribution < 1.29 is 5.11 Å². The highest BCUT2D eigenvalue weighted by molar-refractivity contribution is 5.05. The molecule has 0 amide bonds. The predicted octanol–water partition coefficient (Wildman–Crippen LogP) is 0.814. The molecule has 1 aromatic heterocycles. The molecule has 0 bridgehead atoms. The molecule has 2 rings (SSSR count). The van der Waals surface area contributed by atoms with Gasteiger partial charge in [0.25, 0.3) is 0 Å². The van der Waals surface area contributed by atoms with E-state index < -0.39 is 0 Å². The molecule has 0 radical (unpaired) electrons. The first-order valence-electron chi connectivity index (χ1n) is 4.81. The van der Waals surface area contributed by atoms with E-state index in [1.165, 1.54) is 0 Å². The van der Waals surface area contributed by atoms with Crippen LogP contribution in [0, 0.1) is 0 Å². The fourth-order valence-corrected chi connectivity index (χ4v) is 1.62. The Bertz CT molecular complexity index is 310. The SMILES string of the molecule is OC1C=CCN(Cc2ccccn2)C1. The number of hydrogen-bond acceptors (Lipinski definition) is 3. The van der Waals surface area contributed by atoms with E-state index in [1.54, 1.807) is 6.20 Å². The molecule has 0 spiro atoms. The van der Waals surface area contributed by atoms with E-state index in [-0.39, 0.29) is 6.10 Å². The lowest BCUT2D eigenvalue weighted by Crippen LogP contribution is -2.34. The summed E-state index contributed by atoms with van der Waals surface area (Å²) in [6.07, 6.45) is 5.31. The van der Waals surface area contributed by atoms with Gasteiger partial charge >= 0.3 is 0 Å². The maximum atomic E-state index is 9.41. The molecule has 3 heteroatoms. The third-order valence-electron chi connectivity index (χ3n) is 2.28. The number of pyridine rings is 1. The first-order valence-corrected chi connectivity index (χ1v) is 4.81. The van der Waals surface area contributed by atoms with E-state index in [9.17, 15) is 5.11 Å². The van der Waals surface area contributed by atoms with Gasteiger partial charge in [-0.25, -0.2) is 0 Å². The molecule has 0 fully saturated rings. The molecular formula is C11H14N2O. The van der Waals surface area contributed by atoms with Crippen LogP contribution in [-0.2, 0) is 6.54 Å². The summed E-state index contributed by atoms with van der Waals surface area (Å²) in [5.74, 6) is 0. The van der Waals surface area contributed by atoms with E-state index in [1.807, 2.05) is 30.4 Å². The molecule has 1 aromatic rings. The third-order valence-corrected chi connectivity index (χ3v) is 2.28. The van der Waals surface area contributed by atoms with Crippen LogP contribution in [0.1, 0.15) is 5.69 Å². The van der Waals surface area contributed by atoms with Crippen molar-refractivity contribution >= 4 is 0 Å². The van der Waals surface area contributed by atoms with Gasteiger partial charge in [-0.15, -0.1) is 0 Å². The van der Waals surface area contributed by atoms with Crippen LogP contribution in [0.15, 0.2) is 36.5 Å². The van der Waals surface area contributed by atoms with Crippen molar-refractivity contribution in [2.75, 3.05) is 13.1 Å². The van der Waals surface area contributed by atoms with Crippen molar-refractivity contribution in [3.05, 3.63) is 42.2 Å². The van der Waals surface area contributed by atoms with E-state index in [0.717, 1.165) is 18.8 Å². The fourth-order valence-electron chi connectivity index (χ4n) is 1.62. The Hall–Kier alpha value is -1.19. The van der Waals surface area contributed by atoms with Crippen molar-refractivity contribution in [2.24, 2.45) is 0 Å². The molecule has 74 valence electrons. The lowest BCUT2D eigenvalue weighted by Gasteiger charge is -2.25. The van der Waals surface area contributed by atoms with Gasteiger partial charge in [0.05, 0.1) is 11.8 Å². The zero-order valence-electron chi connectivity index (χ0n) is 8.00. The monoisotopic (exact) mass is 190 g/mol. The highest BCUT2D eigenvalue weighted by Gasteiger charge is 2.12. The molecular weight excluding hydrogens is 176 g/mol. The van der Waals surface area contributed by atoms with Crippen LogP contribution in [0.25, 0.3) is 0 Å². The van der Waals surface area contributed by atoms with E-state index in [4.69, 9.17) is 0 Å². The Labute approximate surface area is 83.7 Å². The summed E-state index contributed by atoms with van der Waals surface area (Å²) in [5.41, 5.74) is 1.05. The maximum Gasteiger partial charge on any atom is 0.0848 e. The Balaban J connectivity index is 1.96. The number of β-amino-alcohol motifs (C(OH)–C–C–N with tert-alkyl or cyclic N) is 1. The third kappa shape index (κ3) is 2.40. The Morgan fingerprint density at radius 3 is 3.14 bits per heavy atom. The lowest BCUT2D eigenvalue weighted by atomic mass is 10.2. The van der Waals surface area contributed by atoms with Crippen LogP contribution in [0.5, 0.6) is 0 Å². The van der Waals surface area contributed by atoms with Crippen molar-refractivity contribution in [3.8, 4) is 0 Å². The predicted molar refractivity (Wildman–Crippen MR) is 54.7 cm³/mol. The summed E-state index contributed by atoms with van der Waals surface area (Å²) < 4.78 is 0. The van der Waals surface area contributed by atoms with Crippen LogP contribution in [0.3, 0.4) is 0 Å². The van der Waals surface area contributed by atoms with Crippen molar-refractivity contribution in [2.45, 2.75) is 12.6 Å². The quantitative estimate of drug-likeness (QED) is 0.701. The highest BCUT2D eigenvalue weighted by Crippen LogP contribution is 2.06. The Kier molecular flexibility index (Phi) is 2.91. The fraction of sp³-hybridized carbons (Fsp3) is 0.364. The summed E-state index contributed by atoms with van der Waals surface area (Å²) in [6.45, 7) is 2.41. The zero-order valence-corrected chi connectivity index (χ0v) is 8.00. The molecule has 1 N–H and O–H groups in total. The highest BCUT2D eigenvalue weighted by atomic mass is 16.3. The normalized spacial score (nSPS) is 22.5. The first-order chi connectivity index (χ1) is 6.84. The van der Waals surface area contributed by atoms with Gasteiger partial charge < -0.3 is 5.11 Å². The molecule has 0 aliphatic carbocycles. The molecule has 1 aliphatic heterocycles. The van der Waals surface area contributed by atoms with Crippen molar-refractivity contribution in [1.29, 1.82) is 0 Å². The van der Waals surface area contributed by atoms with Crippen LogP contribution in [-0.4, -0.2) is 34.2 Å². The van der Waals surface area contributed by atoms with Gasteiger partial charge in [-0.05, 0) is 12.1 Å². The largest absolute Gasteiger partial charge is 0.388 e. The summed E-state index contributed by atoms with van der Waals surface area (Å²) >= 11 is 0. The second-order valence-electron chi connectivity index (χ2n) is 3.51. The van der Waals surface area contributed by atoms with E-state index in [0.29, 0.717) is 6.54 Å². The minimum Gasteiger partial charge on any atom is -0.388 e. The number of aliphatic hydroxyl groups is 1. The smallest absolute Gasteiger partial charge is 0.0848 e. The van der Waals surface area contributed by atoms with Gasteiger partial charge in [0.15, 0.2) is 0 Å². The first kappa shape index (κ1) is 9.37. The van der Waals surface area contributed by atoms with Crippen LogP contribution in [0.4, 0.5) is 0 Å². The van der Waals surface area contributed by atoms with Gasteiger partial charge in [0.2, 0.25) is 0 Å². The van der Waals surface area contributed by atoms with Gasteiger partial charge in [-0.1, -0.05) is 18.2 Å². The topological polar surface area (TPSA) is 36.4 Å². The molecule has 1 aliphatic rings. The van der Waals surface area contributed by atoms with Gasteiger partial charge in [0.1, 0.15) is 0 Å². The second-order valence-corrected chi connectivity index (χ2v) is 3.51. The zero-order chi connectivity index (χ0) is 9.80. The molecule has 1 atom stereocenters.